The van der Waals surface area contributed by atoms with Crippen molar-refractivity contribution in [3.05, 3.63) is 78.5 Å². The smallest absolute Gasteiger partial charge is 0.228 e. The first kappa shape index (κ1) is 18.0. The molecule has 1 amide bonds. The summed E-state index contributed by atoms with van der Waals surface area (Å²) in [4.78, 5) is 18.9. The maximum absolute atomic E-state index is 12.1. The van der Waals surface area contributed by atoms with Crippen molar-refractivity contribution < 1.29 is 4.79 Å². The number of hydrogen-bond acceptors (Lipinski definition) is 4. The Morgan fingerprint density at radius 1 is 0.893 bits per heavy atom. The summed E-state index contributed by atoms with van der Waals surface area (Å²) in [5.41, 5.74) is 3.95. The topological polar surface area (TPSA) is 57.3 Å². The molecule has 28 heavy (non-hydrogen) atoms. The Morgan fingerprint density at radius 2 is 1.61 bits per heavy atom. The van der Waals surface area contributed by atoms with Gasteiger partial charge in [0.05, 0.1) is 18.3 Å². The van der Waals surface area contributed by atoms with Crippen LogP contribution in [0.3, 0.4) is 0 Å². The number of rotatable bonds is 6. The molecule has 5 heteroatoms. The summed E-state index contributed by atoms with van der Waals surface area (Å²) in [5, 5.41) is 6.19. The predicted molar refractivity (Wildman–Crippen MR) is 114 cm³/mol. The van der Waals surface area contributed by atoms with Crippen molar-refractivity contribution in [1.82, 2.24) is 4.98 Å². The maximum atomic E-state index is 12.1. The molecule has 0 unspecified atom stereocenters. The first-order valence-corrected chi connectivity index (χ1v) is 9.68. The van der Waals surface area contributed by atoms with E-state index < -0.39 is 0 Å². The van der Waals surface area contributed by atoms with Gasteiger partial charge in [0.2, 0.25) is 5.91 Å². The van der Waals surface area contributed by atoms with Gasteiger partial charge in [-0.3, -0.25) is 4.79 Å². The molecule has 1 aromatic heterocycles. The van der Waals surface area contributed by atoms with Gasteiger partial charge in [-0.25, -0.2) is 4.98 Å². The van der Waals surface area contributed by atoms with Gasteiger partial charge in [-0.15, -0.1) is 0 Å². The first-order valence-electron chi connectivity index (χ1n) is 9.68. The monoisotopic (exact) mass is 372 g/mol. The van der Waals surface area contributed by atoms with E-state index in [0.717, 1.165) is 30.2 Å². The highest BCUT2D eigenvalue weighted by molar-refractivity contribution is 5.92. The van der Waals surface area contributed by atoms with E-state index in [4.69, 9.17) is 0 Å². The number of aromatic nitrogens is 1. The average molecular weight is 372 g/mol. The van der Waals surface area contributed by atoms with Crippen molar-refractivity contribution in [2.75, 3.05) is 28.6 Å². The van der Waals surface area contributed by atoms with Gasteiger partial charge in [-0.1, -0.05) is 30.3 Å². The highest BCUT2D eigenvalue weighted by Gasteiger charge is 2.11. The lowest BCUT2D eigenvalue weighted by Gasteiger charge is -2.17. The molecule has 5 nitrogen and oxygen atoms in total. The van der Waals surface area contributed by atoms with Crippen LogP contribution in [0.5, 0.6) is 0 Å². The fraction of sp³-hybridized carbons (Fsp3) is 0.217. The van der Waals surface area contributed by atoms with Crippen molar-refractivity contribution in [1.29, 1.82) is 0 Å². The van der Waals surface area contributed by atoms with Gasteiger partial charge in [0.25, 0.3) is 0 Å². The van der Waals surface area contributed by atoms with E-state index in [-0.39, 0.29) is 5.91 Å². The fourth-order valence-corrected chi connectivity index (χ4v) is 3.41. The van der Waals surface area contributed by atoms with E-state index in [1.54, 1.807) is 6.20 Å². The lowest BCUT2D eigenvalue weighted by molar-refractivity contribution is -0.115. The SMILES string of the molecule is O=C(Cc1ccccc1)Nc1ccc(Nc2ccc(N3CCCC3)cc2)nc1. The van der Waals surface area contributed by atoms with Crippen molar-refractivity contribution >= 4 is 28.8 Å². The van der Waals surface area contributed by atoms with E-state index in [9.17, 15) is 4.79 Å². The minimum Gasteiger partial charge on any atom is -0.372 e. The van der Waals surface area contributed by atoms with Crippen molar-refractivity contribution in [3.63, 3.8) is 0 Å². The number of hydrogen-bond donors (Lipinski definition) is 2. The van der Waals surface area contributed by atoms with Gasteiger partial charge in [0, 0.05) is 24.5 Å². The van der Waals surface area contributed by atoms with Crippen LogP contribution in [0.2, 0.25) is 0 Å². The lowest BCUT2D eigenvalue weighted by atomic mass is 10.1. The van der Waals surface area contributed by atoms with Crippen LogP contribution < -0.4 is 15.5 Å². The number of carbonyl (C=O) groups is 1. The van der Waals surface area contributed by atoms with Crippen LogP contribution in [0.25, 0.3) is 0 Å². The van der Waals surface area contributed by atoms with Crippen molar-refractivity contribution in [2.45, 2.75) is 19.3 Å². The maximum Gasteiger partial charge on any atom is 0.228 e. The van der Waals surface area contributed by atoms with E-state index >= 15 is 0 Å². The second kappa shape index (κ2) is 8.57. The zero-order valence-electron chi connectivity index (χ0n) is 15.8. The summed E-state index contributed by atoms with van der Waals surface area (Å²) in [6, 6.07) is 21.9. The molecule has 3 aromatic rings. The molecular formula is C23H24N4O. The largest absolute Gasteiger partial charge is 0.372 e. The number of benzene rings is 2. The summed E-state index contributed by atoms with van der Waals surface area (Å²) in [6.07, 6.45) is 4.57. The fourth-order valence-electron chi connectivity index (χ4n) is 3.41. The molecule has 0 bridgehead atoms. The molecule has 0 atom stereocenters. The van der Waals surface area contributed by atoms with Crippen molar-refractivity contribution in [3.8, 4) is 0 Å². The minimum atomic E-state index is -0.0498. The van der Waals surface area contributed by atoms with Crippen LogP contribution >= 0.6 is 0 Å². The van der Waals surface area contributed by atoms with Crippen LogP contribution in [0.15, 0.2) is 72.9 Å². The predicted octanol–water partition coefficient (Wildman–Crippen LogP) is 4.61. The van der Waals surface area contributed by atoms with Crippen LogP contribution in [-0.2, 0) is 11.2 Å². The first-order chi connectivity index (χ1) is 13.8. The van der Waals surface area contributed by atoms with E-state index in [1.165, 1.54) is 18.5 Å². The Morgan fingerprint density at radius 3 is 2.29 bits per heavy atom. The van der Waals surface area contributed by atoms with Gasteiger partial charge in [0.1, 0.15) is 5.82 Å². The molecule has 0 radical (unpaired) electrons. The Kier molecular flexibility index (Phi) is 5.52. The van der Waals surface area contributed by atoms with Crippen LogP contribution in [0.1, 0.15) is 18.4 Å². The third-order valence-corrected chi connectivity index (χ3v) is 4.87. The number of pyridine rings is 1. The van der Waals surface area contributed by atoms with E-state index in [2.05, 4.69) is 44.8 Å². The third kappa shape index (κ3) is 4.68. The summed E-state index contributed by atoms with van der Waals surface area (Å²) >= 11 is 0. The molecule has 1 aliphatic rings. The van der Waals surface area contributed by atoms with E-state index in [1.807, 2.05) is 42.5 Å². The number of nitrogens with zero attached hydrogens (tertiary/aromatic N) is 2. The van der Waals surface area contributed by atoms with Crippen molar-refractivity contribution in [2.24, 2.45) is 0 Å². The molecule has 2 heterocycles. The van der Waals surface area contributed by atoms with Gasteiger partial charge in [0.15, 0.2) is 0 Å². The molecule has 2 aromatic carbocycles. The Labute approximate surface area is 165 Å². The van der Waals surface area contributed by atoms with Crippen LogP contribution in [0, 0.1) is 0 Å². The summed E-state index contributed by atoms with van der Waals surface area (Å²) in [7, 11) is 0. The summed E-state index contributed by atoms with van der Waals surface area (Å²) < 4.78 is 0. The van der Waals surface area contributed by atoms with Crippen LogP contribution in [0.4, 0.5) is 22.9 Å². The van der Waals surface area contributed by atoms with E-state index in [0.29, 0.717) is 12.1 Å². The van der Waals surface area contributed by atoms with Crippen LogP contribution in [-0.4, -0.2) is 24.0 Å². The van der Waals surface area contributed by atoms with Gasteiger partial charge in [-0.05, 0) is 54.8 Å². The zero-order valence-corrected chi connectivity index (χ0v) is 15.8. The molecule has 0 aliphatic carbocycles. The standard InChI is InChI=1S/C23H24N4O/c28-23(16-18-6-2-1-3-7-18)26-20-10-13-22(24-17-20)25-19-8-11-21(12-9-19)27-14-4-5-15-27/h1-3,6-13,17H,4-5,14-16H2,(H,24,25)(H,26,28). The Hall–Kier alpha value is -3.34. The summed E-state index contributed by atoms with van der Waals surface area (Å²) in [5.74, 6) is 0.696. The molecular weight excluding hydrogens is 348 g/mol. The zero-order chi connectivity index (χ0) is 19.2. The summed E-state index contributed by atoms with van der Waals surface area (Å²) in [6.45, 7) is 2.29. The molecule has 2 N–H and O–H groups in total. The molecule has 142 valence electrons. The van der Waals surface area contributed by atoms with Gasteiger partial charge < -0.3 is 15.5 Å². The molecule has 1 aliphatic heterocycles. The minimum absolute atomic E-state index is 0.0498. The quantitative estimate of drug-likeness (QED) is 0.664. The molecule has 1 fully saturated rings. The molecule has 1 saturated heterocycles. The third-order valence-electron chi connectivity index (χ3n) is 4.87. The Bertz CT molecular complexity index is 902. The molecule has 0 spiro atoms. The highest BCUT2D eigenvalue weighted by Crippen LogP contribution is 2.23. The molecule has 4 rings (SSSR count). The Balaban J connectivity index is 1.32. The van der Waals surface area contributed by atoms with Gasteiger partial charge in [-0.2, -0.15) is 0 Å². The number of carbonyl (C=O) groups excluding carboxylic acids is 1. The second-order valence-electron chi connectivity index (χ2n) is 7.01. The highest BCUT2D eigenvalue weighted by atomic mass is 16.1. The number of nitrogens with one attached hydrogen (secondary N) is 2. The average Bonchev–Trinajstić information content (AvgIpc) is 3.26. The van der Waals surface area contributed by atoms with Gasteiger partial charge >= 0.3 is 0 Å². The lowest BCUT2D eigenvalue weighted by Crippen LogP contribution is -2.17. The normalized spacial score (nSPS) is 13.4. The second-order valence-corrected chi connectivity index (χ2v) is 7.01. The number of amides is 1. The molecule has 0 saturated carbocycles. The number of anilines is 4.